The molecule has 5 nitrogen and oxygen atoms in total. The van der Waals surface area contributed by atoms with Gasteiger partial charge in [0.2, 0.25) is 0 Å². The third-order valence-corrected chi connectivity index (χ3v) is 5.94. The molecule has 158 valence electrons. The Bertz CT molecular complexity index is 876. The number of fused-ring (bicyclic) bond motifs is 1. The number of aryl methyl sites for hydroxylation is 1. The van der Waals surface area contributed by atoms with E-state index in [9.17, 15) is 9.18 Å². The summed E-state index contributed by atoms with van der Waals surface area (Å²) < 4.78 is 16.3. The smallest absolute Gasteiger partial charge is 0.274 e. The van der Waals surface area contributed by atoms with E-state index in [0.29, 0.717) is 11.4 Å². The zero-order valence-electron chi connectivity index (χ0n) is 17.2. The number of amides is 1. The molecule has 0 atom stereocenters. The van der Waals surface area contributed by atoms with Gasteiger partial charge in [-0.05, 0) is 76.2 Å². The SMILES string of the molecule is CCCN(C(=O)c1nn(-c2ccc(C)cc2F)c2c1CCC2)C1CCNCC1.Cl. The van der Waals surface area contributed by atoms with Gasteiger partial charge in [-0.25, -0.2) is 9.07 Å². The molecule has 0 saturated carbocycles. The van der Waals surface area contributed by atoms with Crippen LogP contribution in [0.1, 0.15) is 59.9 Å². The fourth-order valence-corrected chi connectivity index (χ4v) is 4.54. The molecule has 0 bridgehead atoms. The van der Waals surface area contributed by atoms with Crippen LogP contribution in [0.4, 0.5) is 4.39 Å². The standard InChI is InChI=1S/C22H29FN4O.ClH/c1-3-13-26(16-9-11-24-12-10-16)22(28)21-17-5-4-6-19(17)27(25-21)20-8-7-15(2)14-18(20)23;/h7-8,14,16,24H,3-6,9-13H2,1-2H3;1H. The van der Waals surface area contributed by atoms with Crippen molar-refractivity contribution < 1.29 is 9.18 Å². The molecule has 0 spiro atoms. The zero-order valence-corrected chi connectivity index (χ0v) is 18.0. The van der Waals surface area contributed by atoms with Crippen molar-refractivity contribution in [3.05, 3.63) is 46.5 Å². The van der Waals surface area contributed by atoms with E-state index in [1.165, 1.54) is 6.07 Å². The molecule has 1 amide bonds. The quantitative estimate of drug-likeness (QED) is 0.799. The number of hydrogen-bond acceptors (Lipinski definition) is 3. The Morgan fingerprint density at radius 2 is 2.07 bits per heavy atom. The lowest BCUT2D eigenvalue weighted by molar-refractivity contribution is 0.0635. The summed E-state index contributed by atoms with van der Waals surface area (Å²) in [6.45, 7) is 6.60. The molecule has 1 saturated heterocycles. The van der Waals surface area contributed by atoms with Crippen molar-refractivity contribution in [3.63, 3.8) is 0 Å². The van der Waals surface area contributed by atoms with Crippen LogP contribution in [0, 0.1) is 12.7 Å². The maximum atomic E-state index is 14.6. The Labute approximate surface area is 178 Å². The third kappa shape index (κ3) is 4.19. The minimum atomic E-state index is -0.292. The highest BCUT2D eigenvalue weighted by Gasteiger charge is 2.33. The maximum Gasteiger partial charge on any atom is 0.274 e. The molecule has 1 N–H and O–H groups in total. The van der Waals surface area contributed by atoms with Gasteiger partial charge in [-0.15, -0.1) is 12.4 Å². The van der Waals surface area contributed by atoms with Gasteiger partial charge in [0.1, 0.15) is 11.5 Å². The first-order valence-electron chi connectivity index (χ1n) is 10.5. The lowest BCUT2D eigenvalue weighted by Gasteiger charge is -2.34. The van der Waals surface area contributed by atoms with Crippen LogP contribution in [0.15, 0.2) is 18.2 Å². The first-order chi connectivity index (χ1) is 13.6. The summed E-state index contributed by atoms with van der Waals surface area (Å²) >= 11 is 0. The van der Waals surface area contributed by atoms with Crippen LogP contribution in [0.25, 0.3) is 5.69 Å². The fourth-order valence-electron chi connectivity index (χ4n) is 4.54. The summed E-state index contributed by atoms with van der Waals surface area (Å²) in [7, 11) is 0. The normalized spacial score (nSPS) is 16.4. The number of aromatic nitrogens is 2. The number of benzene rings is 1. The van der Waals surface area contributed by atoms with Crippen LogP contribution >= 0.6 is 12.4 Å². The molecular formula is C22H30ClFN4O. The minimum absolute atomic E-state index is 0. The number of carbonyl (C=O) groups is 1. The molecule has 1 aromatic carbocycles. The fraction of sp³-hybridized carbons (Fsp3) is 0.545. The van der Waals surface area contributed by atoms with E-state index >= 15 is 0 Å². The van der Waals surface area contributed by atoms with Gasteiger partial charge < -0.3 is 10.2 Å². The van der Waals surface area contributed by atoms with Crippen molar-refractivity contribution in [2.24, 2.45) is 0 Å². The van der Waals surface area contributed by atoms with Crippen LogP contribution in [0.2, 0.25) is 0 Å². The zero-order chi connectivity index (χ0) is 19.7. The predicted octanol–water partition coefficient (Wildman–Crippen LogP) is 3.83. The van der Waals surface area contributed by atoms with Gasteiger partial charge in [0.25, 0.3) is 5.91 Å². The van der Waals surface area contributed by atoms with Crippen molar-refractivity contribution in [3.8, 4) is 5.69 Å². The van der Waals surface area contributed by atoms with Crippen molar-refractivity contribution in [1.82, 2.24) is 20.0 Å². The Hall–Kier alpha value is -1.92. The maximum absolute atomic E-state index is 14.6. The molecule has 1 fully saturated rings. The molecule has 7 heteroatoms. The van der Waals surface area contributed by atoms with E-state index < -0.39 is 0 Å². The second kappa shape index (κ2) is 9.26. The molecule has 2 aliphatic rings. The van der Waals surface area contributed by atoms with Crippen molar-refractivity contribution >= 4 is 18.3 Å². The molecule has 1 aliphatic heterocycles. The van der Waals surface area contributed by atoms with Crippen LogP contribution in [0.3, 0.4) is 0 Å². The number of rotatable bonds is 5. The number of nitrogens with zero attached hydrogens (tertiary/aromatic N) is 3. The van der Waals surface area contributed by atoms with E-state index in [-0.39, 0.29) is 30.2 Å². The average molecular weight is 421 g/mol. The van der Waals surface area contributed by atoms with Crippen molar-refractivity contribution in [2.45, 2.75) is 58.4 Å². The lowest BCUT2D eigenvalue weighted by atomic mass is 10.0. The van der Waals surface area contributed by atoms with Gasteiger partial charge in [0, 0.05) is 23.8 Å². The van der Waals surface area contributed by atoms with Crippen LogP contribution in [-0.4, -0.2) is 46.3 Å². The number of piperidine rings is 1. The summed E-state index contributed by atoms with van der Waals surface area (Å²) in [5, 5.41) is 8.03. The summed E-state index contributed by atoms with van der Waals surface area (Å²) in [5.74, 6) is -0.280. The second-order valence-corrected chi connectivity index (χ2v) is 7.97. The number of hydrogen-bond donors (Lipinski definition) is 1. The summed E-state index contributed by atoms with van der Waals surface area (Å²) in [6, 6.07) is 5.44. The molecule has 2 aromatic rings. The van der Waals surface area contributed by atoms with E-state index in [0.717, 1.165) is 75.0 Å². The van der Waals surface area contributed by atoms with Gasteiger partial charge in [0.15, 0.2) is 5.69 Å². The van der Waals surface area contributed by atoms with E-state index in [1.54, 1.807) is 10.7 Å². The Morgan fingerprint density at radius 1 is 1.31 bits per heavy atom. The predicted molar refractivity (Wildman–Crippen MR) is 115 cm³/mol. The highest BCUT2D eigenvalue weighted by Crippen LogP contribution is 2.30. The minimum Gasteiger partial charge on any atom is -0.334 e. The molecule has 1 aliphatic carbocycles. The van der Waals surface area contributed by atoms with Gasteiger partial charge in [-0.2, -0.15) is 5.10 Å². The Balaban J connectivity index is 0.00000240. The largest absolute Gasteiger partial charge is 0.334 e. The highest BCUT2D eigenvalue weighted by molar-refractivity contribution is 5.94. The number of halogens is 2. The molecule has 1 aromatic heterocycles. The average Bonchev–Trinajstić information content (AvgIpc) is 3.29. The van der Waals surface area contributed by atoms with Crippen LogP contribution in [-0.2, 0) is 12.8 Å². The first-order valence-corrected chi connectivity index (χ1v) is 10.5. The van der Waals surface area contributed by atoms with Gasteiger partial charge in [0.05, 0.1) is 0 Å². The van der Waals surface area contributed by atoms with Gasteiger partial charge in [-0.1, -0.05) is 13.0 Å². The number of carbonyl (C=O) groups excluding carboxylic acids is 1. The third-order valence-electron chi connectivity index (χ3n) is 5.94. The van der Waals surface area contributed by atoms with Crippen molar-refractivity contribution in [1.29, 1.82) is 0 Å². The van der Waals surface area contributed by atoms with Crippen LogP contribution < -0.4 is 5.32 Å². The first kappa shape index (κ1) is 21.8. The summed E-state index contributed by atoms with van der Waals surface area (Å²) in [6.07, 6.45) is 5.54. The Kier molecular flexibility index (Phi) is 6.96. The monoisotopic (exact) mass is 420 g/mol. The summed E-state index contributed by atoms with van der Waals surface area (Å²) in [4.78, 5) is 15.5. The van der Waals surface area contributed by atoms with Crippen LogP contribution in [0.5, 0.6) is 0 Å². The van der Waals surface area contributed by atoms with E-state index in [4.69, 9.17) is 0 Å². The van der Waals surface area contributed by atoms with Crippen molar-refractivity contribution in [2.75, 3.05) is 19.6 Å². The summed E-state index contributed by atoms with van der Waals surface area (Å²) in [5.41, 5.74) is 3.85. The van der Waals surface area contributed by atoms with E-state index in [1.807, 2.05) is 17.9 Å². The molecule has 29 heavy (non-hydrogen) atoms. The lowest BCUT2D eigenvalue weighted by Crippen LogP contribution is -2.46. The highest BCUT2D eigenvalue weighted by atomic mass is 35.5. The number of nitrogens with one attached hydrogen (secondary N) is 1. The second-order valence-electron chi connectivity index (χ2n) is 7.97. The topological polar surface area (TPSA) is 50.2 Å². The van der Waals surface area contributed by atoms with E-state index in [2.05, 4.69) is 17.3 Å². The van der Waals surface area contributed by atoms with Gasteiger partial charge >= 0.3 is 0 Å². The molecule has 0 unspecified atom stereocenters. The molecule has 0 radical (unpaired) electrons. The molecular weight excluding hydrogens is 391 g/mol. The Morgan fingerprint density at radius 3 is 2.76 bits per heavy atom. The van der Waals surface area contributed by atoms with Gasteiger partial charge in [-0.3, -0.25) is 4.79 Å². The molecule has 2 heterocycles. The molecule has 4 rings (SSSR count).